The van der Waals surface area contributed by atoms with Crippen LogP contribution < -0.4 is 15.0 Å². The molecule has 1 fully saturated rings. The van der Waals surface area contributed by atoms with E-state index in [0.29, 0.717) is 16.3 Å². The molecular formula is C29H29N3O3S. The molecule has 1 saturated carbocycles. The van der Waals surface area contributed by atoms with Crippen LogP contribution in [-0.2, 0) is 4.79 Å². The Balaban J connectivity index is 1.64. The first kappa shape index (κ1) is 24.0. The highest BCUT2D eigenvalue weighted by molar-refractivity contribution is 7.12. The summed E-state index contributed by atoms with van der Waals surface area (Å²) in [6, 6.07) is 19.8. The maximum absolute atomic E-state index is 14.0. The molecule has 6 nitrogen and oxygen atoms in total. The number of rotatable bonds is 7. The van der Waals surface area contributed by atoms with Crippen molar-refractivity contribution in [2.45, 2.75) is 44.2 Å². The Morgan fingerprint density at radius 2 is 1.89 bits per heavy atom. The number of carbonyl (C=O) groups is 2. The number of nitrogens with one attached hydrogen (secondary N) is 1. The van der Waals surface area contributed by atoms with Crippen LogP contribution in [0.3, 0.4) is 0 Å². The second kappa shape index (κ2) is 10.9. The van der Waals surface area contributed by atoms with Gasteiger partial charge >= 0.3 is 0 Å². The van der Waals surface area contributed by atoms with Gasteiger partial charge in [-0.25, -0.2) is 0 Å². The number of carbonyl (C=O) groups excluding carboxylic acids is 2. The molecule has 1 aliphatic rings. The minimum Gasteiger partial charge on any atom is -0.497 e. The lowest BCUT2D eigenvalue weighted by Gasteiger charge is -2.33. The van der Waals surface area contributed by atoms with E-state index >= 15 is 0 Å². The van der Waals surface area contributed by atoms with E-state index in [0.717, 1.165) is 42.1 Å². The van der Waals surface area contributed by atoms with Crippen LogP contribution in [-0.4, -0.2) is 29.9 Å². The molecule has 0 aliphatic heterocycles. The zero-order valence-electron chi connectivity index (χ0n) is 20.2. The van der Waals surface area contributed by atoms with Gasteiger partial charge in [0, 0.05) is 29.4 Å². The topological polar surface area (TPSA) is 71.5 Å². The third-order valence-electron chi connectivity index (χ3n) is 6.68. The summed E-state index contributed by atoms with van der Waals surface area (Å²) in [6.07, 6.45) is 7.06. The maximum atomic E-state index is 14.0. The van der Waals surface area contributed by atoms with Crippen molar-refractivity contribution in [2.75, 3.05) is 12.0 Å². The standard InChI is InChI=1S/C29H29N3O3S/c1-35-24-12-5-11-23(19-24)32(29(34)26-13-7-17-36-26)27(28(33)31-22-9-3-2-4-10-22)21-14-15-25-20(18-21)8-6-16-30-25/h5-8,11-19,22,27H,2-4,9-10H2,1H3,(H,31,33)/t27-/m1/s1. The monoisotopic (exact) mass is 499 g/mol. The van der Waals surface area contributed by atoms with Crippen LogP contribution in [0.5, 0.6) is 5.75 Å². The van der Waals surface area contributed by atoms with Gasteiger partial charge in [0.25, 0.3) is 5.91 Å². The molecule has 2 amide bonds. The predicted octanol–water partition coefficient (Wildman–Crippen LogP) is 6.14. The molecule has 2 aromatic heterocycles. The average Bonchev–Trinajstić information content (AvgIpc) is 3.47. The predicted molar refractivity (Wildman–Crippen MR) is 144 cm³/mol. The van der Waals surface area contributed by atoms with Crippen LogP contribution in [0.25, 0.3) is 10.9 Å². The Hall–Kier alpha value is -3.71. The lowest BCUT2D eigenvalue weighted by molar-refractivity contribution is -0.123. The largest absolute Gasteiger partial charge is 0.497 e. The van der Waals surface area contributed by atoms with Crippen LogP contribution in [0, 0.1) is 0 Å². The molecule has 5 rings (SSSR count). The Bertz CT molecular complexity index is 1350. The molecule has 1 N–H and O–H groups in total. The lowest BCUT2D eigenvalue weighted by Crippen LogP contribution is -2.47. The summed E-state index contributed by atoms with van der Waals surface area (Å²) in [5.41, 5.74) is 2.17. The van der Waals surface area contributed by atoms with Crippen molar-refractivity contribution in [3.63, 3.8) is 0 Å². The van der Waals surface area contributed by atoms with Crippen molar-refractivity contribution in [3.05, 3.63) is 88.7 Å². The Labute approximate surface area is 214 Å². The first-order chi connectivity index (χ1) is 17.6. The number of amides is 2. The fourth-order valence-electron chi connectivity index (χ4n) is 4.87. The smallest absolute Gasteiger partial charge is 0.269 e. The summed E-state index contributed by atoms with van der Waals surface area (Å²) in [4.78, 5) is 34.6. The van der Waals surface area contributed by atoms with E-state index in [2.05, 4.69) is 10.3 Å². The van der Waals surface area contributed by atoms with E-state index in [9.17, 15) is 9.59 Å². The van der Waals surface area contributed by atoms with Gasteiger partial charge in [0.05, 0.1) is 17.5 Å². The molecule has 36 heavy (non-hydrogen) atoms. The Morgan fingerprint density at radius 3 is 2.67 bits per heavy atom. The summed E-state index contributed by atoms with van der Waals surface area (Å²) in [7, 11) is 1.59. The number of hydrogen-bond acceptors (Lipinski definition) is 5. The molecule has 0 unspecified atom stereocenters. The number of pyridine rings is 1. The van der Waals surface area contributed by atoms with Gasteiger partial charge < -0.3 is 10.1 Å². The number of fused-ring (bicyclic) bond motifs is 1. The number of nitrogens with zero attached hydrogens (tertiary/aromatic N) is 2. The SMILES string of the molecule is COc1cccc(N(C(=O)c2cccs2)[C@@H](C(=O)NC2CCCCC2)c2ccc3ncccc3c2)c1. The third-order valence-corrected chi connectivity index (χ3v) is 7.54. The van der Waals surface area contributed by atoms with Gasteiger partial charge in [-0.15, -0.1) is 11.3 Å². The van der Waals surface area contributed by atoms with Gasteiger partial charge in [-0.05, 0) is 60.2 Å². The van der Waals surface area contributed by atoms with Crippen LogP contribution in [0.1, 0.15) is 53.4 Å². The maximum Gasteiger partial charge on any atom is 0.269 e. The number of benzene rings is 2. The number of ether oxygens (including phenoxy) is 1. The highest BCUT2D eigenvalue weighted by Gasteiger charge is 2.35. The van der Waals surface area contributed by atoms with E-state index < -0.39 is 6.04 Å². The molecular weight excluding hydrogens is 470 g/mol. The minimum absolute atomic E-state index is 0.111. The molecule has 4 aromatic rings. The van der Waals surface area contributed by atoms with Crippen molar-refractivity contribution in [1.29, 1.82) is 0 Å². The fraction of sp³-hybridized carbons (Fsp3) is 0.276. The van der Waals surface area contributed by atoms with Gasteiger partial charge in [0.2, 0.25) is 5.91 Å². The third kappa shape index (κ3) is 5.11. The van der Waals surface area contributed by atoms with Gasteiger partial charge in [0.1, 0.15) is 11.8 Å². The summed E-state index contributed by atoms with van der Waals surface area (Å²) in [6.45, 7) is 0. The normalized spacial score (nSPS) is 14.8. The van der Waals surface area contributed by atoms with E-state index in [1.54, 1.807) is 30.3 Å². The van der Waals surface area contributed by atoms with Crippen molar-refractivity contribution >= 4 is 39.7 Å². The molecule has 0 bridgehead atoms. The highest BCUT2D eigenvalue weighted by atomic mass is 32.1. The number of anilines is 1. The van der Waals surface area contributed by atoms with Gasteiger partial charge in [-0.3, -0.25) is 19.5 Å². The molecule has 0 spiro atoms. The van der Waals surface area contributed by atoms with E-state index in [-0.39, 0.29) is 17.9 Å². The molecule has 1 atom stereocenters. The quantitative estimate of drug-likeness (QED) is 0.331. The molecule has 184 valence electrons. The molecule has 2 heterocycles. The van der Waals surface area contributed by atoms with Crippen molar-refractivity contribution < 1.29 is 14.3 Å². The van der Waals surface area contributed by atoms with Crippen LogP contribution in [0.15, 0.2) is 78.3 Å². The van der Waals surface area contributed by atoms with Gasteiger partial charge in [0.15, 0.2) is 0 Å². The van der Waals surface area contributed by atoms with E-state index in [4.69, 9.17) is 4.74 Å². The van der Waals surface area contributed by atoms with Crippen LogP contribution in [0.2, 0.25) is 0 Å². The average molecular weight is 500 g/mol. The number of aromatic nitrogens is 1. The minimum atomic E-state index is -0.863. The summed E-state index contributed by atoms with van der Waals surface area (Å²) in [5.74, 6) is 0.205. The molecule has 7 heteroatoms. The molecule has 0 saturated heterocycles. The van der Waals surface area contributed by atoms with E-state index in [1.807, 2.05) is 60.0 Å². The van der Waals surface area contributed by atoms with Crippen molar-refractivity contribution in [2.24, 2.45) is 0 Å². The summed E-state index contributed by atoms with van der Waals surface area (Å²) < 4.78 is 5.46. The van der Waals surface area contributed by atoms with E-state index in [1.165, 1.54) is 17.8 Å². The summed E-state index contributed by atoms with van der Waals surface area (Å²) in [5, 5.41) is 6.06. The zero-order valence-corrected chi connectivity index (χ0v) is 21.0. The van der Waals surface area contributed by atoms with Crippen LogP contribution in [0.4, 0.5) is 5.69 Å². The van der Waals surface area contributed by atoms with Gasteiger partial charge in [-0.1, -0.05) is 43.5 Å². The number of methoxy groups -OCH3 is 1. The first-order valence-corrected chi connectivity index (χ1v) is 13.2. The van der Waals surface area contributed by atoms with Crippen LogP contribution >= 0.6 is 11.3 Å². The number of thiophene rings is 1. The van der Waals surface area contributed by atoms with Crippen molar-refractivity contribution in [3.8, 4) is 5.75 Å². The molecule has 1 aliphatic carbocycles. The first-order valence-electron chi connectivity index (χ1n) is 12.3. The van der Waals surface area contributed by atoms with Gasteiger partial charge in [-0.2, -0.15) is 0 Å². The zero-order chi connectivity index (χ0) is 24.9. The fourth-order valence-corrected chi connectivity index (χ4v) is 5.53. The second-order valence-electron chi connectivity index (χ2n) is 9.06. The molecule has 0 radical (unpaired) electrons. The number of hydrogen-bond donors (Lipinski definition) is 1. The second-order valence-corrected chi connectivity index (χ2v) is 10.0. The van der Waals surface area contributed by atoms with Crippen molar-refractivity contribution in [1.82, 2.24) is 10.3 Å². The Morgan fingerprint density at radius 1 is 1.03 bits per heavy atom. The Kier molecular flexibility index (Phi) is 7.28. The lowest BCUT2D eigenvalue weighted by atomic mass is 9.94. The molecule has 2 aromatic carbocycles. The summed E-state index contributed by atoms with van der Waals surface area (Å²) >= 11 is 1.36. The highest BCUT2D eigenvalue weighted by Crippen LogP contribution is 2.34.